The Morgan fingerprint density at radius 2 is 2.17 bits per heavy atom. The summed E-state index contributed by atoms with van der Waals surface area (Å²) >= 11 is 0. The van der Waals surface area contributed by atoms with Gasteiger partial charge in [0.1, 0.15) is 6.04 Å². The van der Waals surface area contributed by atoms with Crippen LogP contribution in [0.15, 0.2) is 12.2 Å². The number of hydrogen-bond donors (Lipinski definition) is 2. The van der Waals surface area contributed by atoms with E-state index in [0.29, 0.717) is 6.42 Å². The van der Waals surface area contributed by atoms with E-state index in [1.165, 1.54) is 6.92 Å². The van der Waals surface area contributed by atoms with E-state index in [1.807, 2.05) is 0 Å². The van der Waals surface area contributed by atoms with E-state index in [2.05, 4.69) is 5.32 Å². The van der Waals surface area contributed by atoms with Gasteiger partial charge in [-0.3, -0.25) is 4.79 Å². The second kappa shape index (κ2) is 5.35. The zero-order valence-electron chi connectivity index (χ0n) is 7.20. The van der Waals surface area contributed by atoms with Crippen molar-refractivity contribution >= 4 is 11.9 Å². The highest BCUT2D eigenvalue weighted by Crippen LogP contribution is 1.93. The summed E-state index contributed by atoms with van der Waals surface area (Å²) in [5, 5.41) is 10.9. The van der Waals surface area contributed by atoms with Crippen molar-refractivity contribution < 1.29 is 14.7 Å². The Morgan fingerprint density at radius 1 is 1.58 bits per heavy atom. The number of carboxylic acid groups (broad SMARTS) is 1. The second-order valence-corrected chi connectivity index (χ2v) is 2.40. The number of amides is 1. The molecule has 0 rings (SSSR count). The summed E-state index contributed by atoms with van der Waals surface area (Å²) < 4.78 is 0. The summed E-state index contributed by atoms with van der Waals surface area (Å²) in [6.07, 6.45) is 3.78. The van der Waals surface area contributed by atoms with E-state index in [9.17, 15) is 9.59 Å². The van der Waals surface area contributed by atoms with Gasteiger partial charge in [0.25, 0.3) is 0 Å². The highest BCUT2D eigenvalue weighted by atomic mass is 16.4. The van der Waals surface area contributed by atoms with Crippen molar-refractivity contribution in [3.63, 3.8) is 0 Å². The Hall–Kier alpha value is -1.32. The van der Waals surface area contributed by atoms with Gasteiger partial charge in [-0.2, -0.15) is 0 Å². The van der Waals surface area contributed by atoms with Crippen molar-refractivity contribution in [1.82, 2.24) is 5.32 Å². The number of carboxylic acids is 1. The summed E-state index contributed by atoms with van der Waals surface area (Å²) in [7, 11) is 0. The van der Waals surface area contributed by atoms with E-state index >= 15 is 0 Å². The molecule has 0 radical (unpaired) electrons. The Labute approximate surface area is 71.3 Å². The molecule has 1 atom stereocenters. The fourth-order valence-corrected chi connectivity index (χ4v) is 0.739. The normalized spacial score (nSPS) is 12.8. The first-order valence-corrected chi connectivity index (χ1v) is 3.69. The Balaban J connectivity index is 4.04. The molecular weight excluding hydrogens is 158 g/mol. The fraction of sp³-hybridized carbons (Fsp3) is 0.500. The first kappa shape index (κ1) is 10.7. The highest BCUT2D eigenvalue weighted by Gasteiger charge is 2.15. The van der Waals surface area contributed by atoms with E-state index in [4.69, 9.17) is 5.11 Å². The molecule has 0 fully saturated rings. The molecule has 2 N–H and O–H groups in total. The van der Waals surface area contributed by atoms with Crippen LogP contribution in [0.5, 0.6) is 0 Å². The van der Waals surface area contributed by atoms with Crippen LogP contribution in [-0.2, 0) is 9.59 Å². The lowest BCUT2D eigenvalue weighted by Gasteiger charge is -2.09. The molecule has 4 nitrogen and oxygen atoms in total. The van der Waals surface area contributed by atoms with Gasteiger partial charge in [-0.05, 0) is 13.3 Å². The molecular formula is C8H13NO3. The van der Waals surface area contributed by atoms with Gasteiger partial charge in [-0.25, -0.2) is 4.79 Å². The van der Waals surface area contributed by atoms with Crippen LogP contribution in [0.2, 0.25) is 0 Å². The van der Waals surface area contributed by atoms with Crippen LogP contribution in [-0.4, -0.2) is 23.0 Å². The number of carbonyl (C=O) groups excluding carboxylic acids is 1. The number of rotatable bonds is 4. The van der Waals surface area contributed by atoms with E-state index < -0.39 is 12.0 Å². The molecule has 0 spiro atoms. The van der Waals surface area contributed by atoms with Gasteiger partial charge < -0.3 is 10.4 Å². The molecule has 1 unspecified atom stereocenters. The molecule has 0 aliphatic heterocycles. The Bertz CT molecular complexity index is 198. The number of aliphatic carboxylic acids is 1. The summed E-state index contributed by atoms with van der Waals surface area (Å²) in [6, 6.07) is -0.807. The van der Waals surface area contributed by atoms with Crippen LogP contribution in [0.3, 0.4) is 0 Å². The Morgan fingerprint density at radius 3 is 2.50 bits per heavy atom. The smallest absolute Gasteiger partial charge is 0.326 e. The van der Waals surface area contributed by atoms with Crippen LogP contribution in [0.4, 0.5) is 0 Å². The first-order valence-electron chi connectivity index (χ1n) is 3.69. The maximum atomic E-state index is 10.5. The van der Waals surface area contributed by atoms with E-state index in [-0.39, 0.29) is 5.91 Å². The number of hydrogen-bond acceptors (Lipinski definition) is 2. The van der Waals surface area contributed by atoms with Crippen LogP contribution < -0.4 is 5.32 Å². The fourth-order valence-electron chi connectivity index (χ4n) is 0.739. The topological polar surface area (TPSA) is 66.4 Å². The minimum absolute atomic E-state index is 0.325. The maximum absolute atomic E-state index is 10.5. The number of carbonyl (C=O) groups is 2. The van der Waals surface area contributed by atoms with Crippen molar-refractivity contribution in [2.24, 2.45) is 0 Å². The SMILES string of the molecule is C/C=C\CC(NC(C)=O)C(=O)O. The third-order valence-corrected chi connectivity index (χ3v) is 1.28. The summed E-state index contributed by atoms with van der Waals surface area (Å²) in [4.78, 5) is 21.0. The second-order valence-electron chi connectivity index (χ2n) is 2.40. The van der Waals surface area contributed by atoms with Crippen molar-refractivity contribution in [3.8, 4) is 0 Å². The summed E-state index contributed by atoms with van der Waals surface area (Å²) in [5.41, 5.74) is 0. The largest absolute Gasteiger partial charge is 0.480 e. The monoisotopic (exact) mass is 171 g/mol. The molecule has 68 valence electrons. The van der Waals surface area contributed by atoms with Crippen LogP contribution in [0.25, 0.3) is 0 Å². The molecule has 0 saturated heterocycles. The van der Waals surface area contributed by atoms with Gasteiger partial charge >= 0.3 is 5.97 Å². The quantitative estimate of drug-likeness (QED) is 0.607. The van der Waals surface area contributed by atoms with E-state index in [1.54, 1.807) is 19.1 Å². The van der Waals surface area contributed by atoms with Crippen LogP contribution in [0.1, 0.15) is 20.3 Å². The van der Waals surface area contributed by atoms with Gasteiger partial charge in [-0.1, -0.05) is 12.2 Å². The molecule has 4 heteroatoms. The molecule has 0 heterocycles. The maximum Gasteiger partial charge on any atom is 0.326 e. The lowest BCUT2D eigenvalue weighted by Crippen LogP contribution is -2.39. The molecule has 0 aromatic rings. The predicted molar refractivity (Wildman–Crippen MR) is 44.7 cm³/mol. The average Bonchev–Trinajstić information content (AvgIpc) is 1.96. The van der Waals surface area contributed by atoms with Gasteiger partial charge in [-0.15, -0.1) is 0 Å². The molecule has 0 aliphatic carbocycles. The molecule has 0 bridgehead atoms. The lowest BCUT2D eigenvalue weighted by atomic mass is 10.2. The van der Waals surface area contributed by atoms with Crippen molar-refractivity contribution in [1.29, 1.82) is 0 Å². The third kappa shape index (κ3) is 4.49. The molecule has 0 aromatic carbocycles. The van der Waals surface area contributed by atoms with Crippen molar-refractivity contribution in [2.75, 3.05) is 0 Å². The zero-order valence-corrected chi connectivity index (χ0v) is 7.20. The lowest BCUT2D eigenvalue weighted by molar-refractivity contribution is -0.141. The van der Waals surface area contributed by atoms with Crippen LogP contribution in [0, 0.1) is 0 Å². The average molecular weight is 171 g/mol. The van der Waals surface area contributed by atoms with Gasteiger partial charge in [0.05, 0.1) is 0 Å². The molecule has 1 amide bonds. The first-order chi connectivity index (χ1) is 5.57. The number of nitrogens with one attached hydrogen (secondary N) is 1. The summed E-state index contributed by atoms with van der Waals surface area (Å²) in [5.74, 6) is -1.34. The minimum atomic E-state index is -1.01. The predicted octanol–water partition coefficient (Wildman–Crippen LogP) is 0.542. The number of allylic oxidation sites excluding steroid dienone is 1. The summed E-state index contributed by atoms with van der Waals surface area (Å²) in [6.45, 7) is 3.10. The van der Waals surface area contributed by atoms with E-state index in [0.717, 1.165) is 0 Å². The molecule has 0 aliphatic rings. The third-order valence-electron chi connectivity index (χ3n) is 1.28. The standard InChI is InChI=1S/C8H13NO3/c1-3-4-5-7(8(11)12)9-6(2)10/h3-4,7H,5H2,1-2H3,(H,9,10)(H,11,12)/b4-3-. The molecule has 0 aromatic heterocycles. The minimum Gasteiger partial charge on any atom is -0.480 e. The van der Waals surface area contributed by atoms with Gasteiger partial charge in [0.15, 0.2) is 0 Å². The van der Waals surface area contributed by atoms with Crippen molar-refractivity contribution in [3.05, 3.63) is 12.2 Å². The van der Waals surface area contributed by atoms with Crippen LogP contribution >= 0.6 is 0 Å². The van der Waals surface area contributed by atoms with Gasteiger partial charge in [0.2, 0.25) is 5.91 Å². The highest BCUT2D eigenvalue weighted by molar-refractivity contribution is 5.82. The Kier molecular flexibility index (Phi) is 4.76. The van der Waals surface area contributed by atoms with Gasteiger partial charge in [0, 0.05) is 6.92 Å². The molecule has 12 heavy (non-hydrogen) atoms. The van der Waals surface area contributed by atoms with Crippen molar-refractivity contribution in [2.45, 2.75) is 26.3 Å². The molecule has 0 saturated carbocycles. The zero-order chi connectivity index (χ0) is 9.56.